The highest BCUT2D eigenvalue weighted by molar-refractivity contribution is 5.80. The molecule has 1 aliphatic rings. The van der Waals surface area contributed by atoms with E-state index in [4.69, 9.17) is 0 Å². The Balaban J connectivity index is 2.55. The van der Waals surface area contributed by atoms with Crippen LogP contribution in [0.15, 0.2) is 30.3 Å². The zero-order chi connectivity index (χ0) is 9.47. The van der Waals surface area contributed by atoms with Crippen LogP contribution in [0.2, 0.25) is 0 Å². The standard InChI is InChI=1S/C12H14N/c1-9-8-12(2,3)13-11-7-5-4-6-10(9)11/h4-8,13H,2H2,1,3H3/q+1. The fourth-order valence-corrected chi connectivity index (χ4v) is 1.84. The third-order valence-corrected chi connectivity index (χ3v) is 2.31. The molecule has 13 heavy (non-hydrogen) atoms. The number of fused-ring (bicyclic) bond motifs is 1. The summed E-state index contributed by atoms with van der Waals surface area (Å²) in [5, 5.41) is 3.38. The maximum Gasteiger partial charge on any atom is 0.191 e. The van der Waals surface area contributed by atoms with E-state index in [9.17, 15) is 0 Å². The molecular formula is C12H14N+. The largest absolute Gasteiger partial charge is 0.339 e. The van der Waals surface area contributed by atoms with Crippen molar-refractivity contribution in [1.29, 1.82) is 0 Å². The van der Waals surface area contributed by atoms with Gasteiger partial charge in [-0.25, -0.2) is 0 Å². The number of hydrogen-bond donors (Lipinski definition) is 1. The summed E-state index contributed by atoms with van der Waals surface area (Å²) < 4.78 is 0. The SMILES string of the molecule is [CH2+]C1(C)C=C(C)c2ccccc2N1. The average Bonchev–Trinajstić information content (AvgIpc) is 2.02. The molecule has 1 nitrogen and oxygen atoms in total. The van der Waals surface area contributed by atoms with Crippen LogP contribution >= 0.6 is 0 Å². The van der Waals surface area contributed by atoms with E-state index in [0.29, 0.717) is 0 Å². The van der Waals surface area contributed by atoms with Crippen molar-refractivity contribution in [2.75, 3.05) is 5.32 Å². The Morgan fingerprint density at radius 2 is 2.00 bits per heavy atom. The van der Waals surface area contributed by atoms with Crippen molar-refractivity contribution in [2.45, 2.75) is 19.4 Å². The van der Waals surface area contributed by atoms with Gasteiger partial charge in [0.2, 0.25) is 0 Å². The third-order valence-electron chi connectivity index (χ3n) is 2.31. The molecule has 1 heteroatoms. The van der Waals surface area contributed by atoms with Gasteiger partial charge in [-0.15, -0.1) is 0 Å². The zero-order valence-corrected chi connectivity index (χ0v) is 8.09. The van der Waals surface area contributed by atoms with Crippen molar-refractivity contribution in [3.05, 3.63) is 42.8 Å². The van der Waals surface area contributed by atoms with Gasteiger partial charge in [-0.1, -0.05) is 18.2 Å². The molecule has 2 rings (SSSR count). The molecule has 0 aromatic heterocycles. The highest BCUT2D eigenvalue weighted by Crippen LogP contribution is 2.32. The highest BCUT2D eigenvalue weighted by Gasteiger charge is 2.27. The van der Waals surface area contributed by atoms with Crippen molar-refractivity contribution in [3.63, 3.8) is 0 Å². The summed E-state index contributed by atoms with van der Waals surface area (Å²) in [5.74, 6) is 0. The number of nitrogens with one attached hydrogen (secondary N) is 1. The van der Waals surface area contributed by atoms with Crippen LogP contribution in [0.5, 0.6) is 0 Å². The van der Waals surface area contributed by atoms with E-state index in [0.717, 1.165) is 0 Å². The molecule has 0 bridgehead atoms. The molecule has 1 unspecified atom stereocenters. The summed E-state index contributed by atoms with van der Waals surface area (Å²) in [4.78, 5) is 0. The Bertz CT molecular complexity index is 361. The molecule has 1 N–H and O–H groups in total. The molecule has 0 saturated carbocycles. The first kappa shape index (κ1) is 8.24. The van der Waals surface area contributed by atoms with Gasteiger partial charge in [0, 0.05) is 18.2 Å². The molecule has 1 aliphatic heterocycles. The maximum atomic E-state index is 4.09. The predicted octanol–water partition coefficient (Wildman–Crippen LogP) is 3.11. The summed E-state index contributed by atoms with van der Waals surface area (Å²) >= 11 is 0. The minimum atomic E-state index is -0.168. The molecule has 0 spiro atoms. The van der Waals surface area contributed by atoms with Crippen LogP contribution in [0, 0.1) is 6.92 Å². The number of hydrogen-bond acceptors (Lipinski definition) is 1. The number of rotatable bonds is 0. The van der Waals surface area contributed by atoms with Gasteiger partial charge in [0.1, 0.15) is 0 Å². The predicted molar refractivity (Wildman–Crippen MR) is 57.5 cm³/mol. The smallest absolute Gasteiger partial charge is 0.191 e. The molecule has 0 radical (unpaired) electrons. The first-order valence-electron chi connectivity index (χ1n) is 4.51. The maximum absolute atomic E-state index is 4.09. The Morgan fingerprint density at radius 1 is 1.31 bits per heavy atom. The molecule has 0 amide bonds. The van der Waals surface area contributed by atoms with Crippen LogP contribution in [-0.2, 0) is 0 Å². The number of allylic oxidation sites excluding steroid dienone is 1. The number of anilines is 1. The Labute approximate surface area is 79.5 Å². The van der Waals surface area contributed by atoms with Gasteiger partial charge < -0.3 is 5.32 Å². The average molecular weight is 172 g/mol. The van der Waals surface area contributed by atoms with Crippen LogP contribution in [-0.4, -0.2) is 5.54 Å². The van der Waals surface area contributed by atoms with Crippen LogP contribution in [0.4, 0.5) is 5.69 Å². The molecule has 1 atom stereocenters. The van der Waals surface area contributed by atoms with Crippen LogP contribution in [0.25, 0.3) is 5.57 Å². The summed E-state index contributed by atoms with van der Waals surface area (Å²) in [6.45, 7) is 8.30. The molecule has 1 aromatic rings. The number of benzene rings is 1. The minimum Gasteiger partial charge on any atom is -0.339 e. The monoisotopic (exact) mass is 172 g/mol. The van der Waals surface area contributed by atoms with Gasteiger partial charge in [-0.2, -0.15) is 0 Å². The lowest BCUT2D eigenvalue weighted by atomic mass is 9.91. The summed E-state index contributed by atoms with van der Waals surface area (Å²) in [7, 11) is 0. The fourth-order valence-electron chi connectivity index (χ4n) is 1.84. The van der Waals surface area contributed by atoms with Crippen molar-refractivity contribution < 1.29 is 0 Å². The van der Waals surface area contributed by atoms with E-state index in [1.54, 1.807) is 0 Å². The van der Waals surface area contributed by atoms with Gasteiger partial charge in [-0.3, -0.25) is 0 Å². The minimum absolute atomic E-state index is 0.168. The van der Waals surface area contributed by atoms with Gasteiger partial charge in [0.25, 0.3) is 0 Å². The van der Waals surface area contributed by atoms with Gasteiger partial charge in [-0.05, 0) is 24.6 Å². The van der Waals surface area contributed by atoms with E-state index < -0.39 is 0 Å². The van der Waals surface area contributed by atoms with E-state index in [2.05, 4.69) is 50.4 Å². The highest BCUT2D eigenvalue weighted by atomic mass is 15.0. The molecule has 1 aromatic carbocycles. The zero-order valence-electron chi connectivity index (χ0n) is 8.09. The fraction of sp³-hybridized carbons (Fsp3) is 0.250. The second-order valence-corrected chi connectivity index (χ2v) is 3.92. The molecule has 0 fully saturated rings. The van der Waals surface area contributed by atoms with Crippen molar-refractivity contribution >= 4 is 11.3 Å². The first-order valence-corrected chi connectivity index (χ1v) is 4.51. The lowest BCUT2D eigenvalue weighted by molar-refractivity contribution is 0.787. The lowest BCUT2D eigenvalue weighted by Gasteiger charge is -2.25. The van der Waals surface area contributed by atoms with E-state index in [1.807, 2.05) is 6.07 Å². The number of para-hydroxylation sites is 1. The quantitative estimate of drug-likeness (QED) is 0.593. The van der Waals surface area contributed by atoms with E-state index in [-0.39, 0.29) is 5.54 Å². The van der Waals surface area contributed by atoms with Crippen LogP contribution < -0.4 is 5.32 Å². The summed E-state index contributed by atoms with van der Waals surface area (Å²) in [6.07, 6.45) is 2.16. The third kappa shape index (κ3) is 1.42. The van der Waals surface area contributed by atoms with Crippen molar-refractivity contribution in [3.8, 4) is 0 Å². The van der Waals surface area contributed by atoms with Crippen LogP contribution in [0.1, 0.15) is 19.4 Å². The van der Waals surface area contributed by atoms with Gasteiger partial charge >= 0.3 is 0 Å². The first-order chi connectivity index (χ1) is 6.08. The molecule has 0 saturated heterocycles. The second kappa shape index (κ2) is 2.56. The van der Waals surface area contributed by atoms with E-state index in [1.165, 1.54) is 16.8 Å². The van der Waals surface area contributed by atoms with Gasteiger partial charge in [0.05, 0.1) is 6.92 Å². The Morgan fingerprint density at radius 3 is 2.77 bits per heavy atom. The molecule has 1 heterocycles. The van der Waals surface area contributed by atoms with Crippen molar-refractivity contribution in [1.82, 2.24) is 0 Å². The van der Waals surface area contributed by atoms with Gasteiger partial charge in [0.15, 0.2) is 5.54 Å². The summed E-state index contributed by atoms with van der Waals surface area (Å²) in [5.41, 5.74) is 3.59. The Kier molecular flexibility index (Phi) is 1.62. The molecule has 66 valence electrons. The van der Waals surface area contributed by atoms with Crippen molar-refractivity contribution in [2.24, 2.45) is 0 Å². The van der Waals surface area contributed by atoms with Crippen LogP contribution in [0.3, 0.4) is 0 Å². The van der Waals surface area contributed by atoms with E-state index >= 15 is 0 Å². The second-order valence-electron chi connectivity index (χ2n) is 3.92. The molecular weight excluding hydrogens is 158 g/mol. The normalized spacial score (nSPS) is 25.8. The topological polar surface area (TPSA) is 12.0 Å². The Hall–Kier alpha value is -1.37. The molecule has 0 aliphatic carbocycles. The summed E-state index contributed by atoms with van der Waals surface area (Å²) in [6, 6.07) is 8.32. The lowest BCUT2D eigenvalue weighted by Crippen LogP contribution is -2.31.